The Morgan fingerprint density at radius 1 is 1.03 bits per heavy atom. The third-order valence-electron chi connectivity index (χ3n) is 6.56. The topological polar surface area (TPSA) is 82.4 Å². The van der Waals surface area contributed by atoms with Crippen molar-refractivity contribution < 1.29 is 5.11 Å². The van der Waals surface area contributed by atoms with Gasteiger partial charge in [0.25, 0.3) is 0 Å². The van der Waals surface area contributed by atoms with Crippen LogP contribution in [0, 0.1) is 24.2 Å². The molecule has 1 N–H and O–H groups in total. The molecule has 7 heteroatoms. The maximum absolute atomic E-state index is 10.1. The molecular weight excluding hydrogens is 424 g/mol. The van der Waals surface area contributed by atoms with Gasteiger partial charge in [0.15, 0.2) is 0 Å². The number of benzene rings is 1. The predicted octanol–water partition coefficient (Wildman–Crippen LogP) is 4.68. The Kier molecular flexibility index (Phi) is 5.62. The van der Waals surface area contributed by atoms with Crippen molar-refractivity contribution in [3.63, 3.8) is 0 Å². The number of aryl methyl sites for hydroxylation is 1. The van der Waals surface area contributed by atoms with Crippen LogP contribution in [-0.4, -0.2) is 43.2 Å². The van der Waals surface area contributed by atoms with Gasteiger partial charge >= 0.3 is 0 Å². The lowest BCUT2D eigenvalue weighted by Gasteiger charge is -2.32. The van der Waals surface area contributed by atoms with Crippen molar-refractivity contribution in [2.45, 2.75) is 45.8 Å². The lowest BCUT2D eigenvalue weighted by Crippen LogP contribution is -2.34. The van der Waals surface area contributed by atoms with Crippen LogP contribution in [0.3, 0.4) is 0 Å². The maximum Gasteiger partial charge on any atom is 0.0976 e. The van der Waals surface area contributed by atoms with Crippen LogP contribution in [-0.2, 0) is 6.54 Å². The summed E-state index contributed by atoms with van der Waals surface area (Å²) in [6, 6.07) is 13.0. The monoisotopic (exact) mass is 454 g/mol. The summed E-state index contributed by atoms with van der Waals surface area (Å²) in [5.74, 6) is 0.154. The zero-order valence-electron chi connectivity index (χ0n) is 19.9. The first-order valence-electron chi connectivity index (χ1n) is 11.8. The van der Waals surface area contributed by atoms with Crippen LogP contribution in [0.25, 0.3) is 27.8 Å². The smallest absolute Gasteiger partial charge is 0.0976 e. The largest absolute Gasteiger partial charge is 0.389 e. The lowest BCUT2D eigenvalue weighted by molar-refractivity contribution is 0.0577. The SMILES string of the molecule is Cc1ccn2ncc(-c3ccc(-c4cnn(CC(C)(C)O)c4)cc3)c2c1N1CCC(C#N)CC1. The molecule has 0 atom stereocenters. The van der Waals surface area contributed by atoms with Crippen LogP contribution < -0.4 is 4.90 Å². The quantitative estimate of drug-likeness (QED) is 0.473. The summed E-state index contributed by atoms with van der Waals surface area (Å²) < 4.78 is 3.74. The fourth-order valence-electron chi connectivity index (χ4n) is 4.84. The number of fused-ring (bicyclic) bond motifs is 1. The number of aliphatic hydroxyl groups is 1. The van der Waals surface area contributed by atoms with E-state index in [1.165, 1.54) is 11.3 Å². The van der Waals surface area contributed by atoms with Crippen molar-refractivity contribution in [1.29, 1.82) is 5.26 Å². The molecule has 0 radical (unpaired) electrons. The molecule has 3 aromatic heterocycles. The molecule has 0 saturated carbocycles. The third-order valence-corrected chi connectivity index (χ3v) is 6.56. The molecule has 0 amide bonds. The van der Waals surface area contributed by atoms with E-state index in [2.05, 4.69) is 58.4 Å². The minimum Gasteiger partial charge on any atom is -0.389 e. The fourth-order valence-corrected chi connectivity index (χ4v) is 4.84. The molecule has 0 unspecified atom stereocenters. The first kappa shape index (κ1) is 22.2. The Hall–Kier alpha value is -3.63. The highest BCUT2D eigenvalue weighted by Gasteiger charge is 2.24. The number of hydrogen-bond acceptors (Lipinski definition) is 5. The summed E-state index contributed by atoms with van der Waals surface area (Å²) in [7, 11) is 0. The van der Waals surface area contributed by atoms with Crippen LogP contribution in [0.2, 0.25) is 0 Å². The third kappa shape index (κ3) is 4.29. The van der Waals surface area contributed by atoms with Crippen molar-refractivity contribution in [3.05, 3.63) is 60.7 Å². The normalized spacial score (nSPS) is 15.1. The second-order valence-electron chi connectivity index (χ2n) is 9.91. The van der Waals surface area contributed by atoms with Crippen molar-refractivity contribution in [2.24, 2.45) is 5.92 Å². The van der Waals surface area contributed by atoms with Gasteiger partial charge in [0.1, 0.15) is 0 Å². The van der Waals surface area contributed by atoms with Crippen LogP contribution in [0.4, 0.5) is 5.69 Å². The maximum atomic E-state index is 10.1. The Labute approximate surface area is 199 Å². The zero-order chi connectivity index (χ0) is 23.9. The second kappa shape index (κ2) is 8.62. The van der Waals surface area contributed by atoms with E-state index in [1.807, 2.05) is 29.3 Å². The van der Waals surface area contributed by atoms with Gasteiger partial charge in [-0.1, -0.05) is 24.3 Å². The molecule has 174 valence electrons. The van der Waals surface area contributed by atoms with Gasteiger partial charge in [-0.2, -0.15) is 15.5 Å². The summed E-state index contributed by atoms with van der Waals surface area (Å²) in [4.78, 5) is 2.41. The molecule has 1 fully saturated rings. The van der Waals surface area contributed by atoms with Gasteiger partial charge in [0, 0.05) is 42.5 Å². The molecule has 7 nitrogen and oxygen atoms in total. The van der Waals surface area contributed by atoms with Gasteiger partial charge in [-0.15, -0.1) is 0 Å². The predicted molar refractivity (Wildman–Crippen MR) is 133 cm³/mol. The first-order chi connectivity index (χ1) is 16.3. The average Bonchev–Trinajstić information content (AvgIpc) is 3.45. The molecule has 4 heterocycles. The number of piperidine rings is 1. The van der Waals surface area contributed by atoms with Crippen LogP contribution in [0.5, 0.6) is 0 Å². The second-order valence-corrected chi connectivity index (χ2v) is 9.91. The minimum atomic E-state index is -0.809. The fraction of sp³-hybridized carbons (Fsp3) is 0.370. The van der Waals surface area contributed by atoms with E-state index < -0.39 is 5.60 Å². The van der Waals surface area contributed by atoms with Gasteiger partial charge in [0.2, 0.25) is 0 Å². The molecule has 1 aliphatic rings. The first-order valence-corrected chi connectivity index (χ1v) is 11.8. The van der Waals surface area contributed by atoms with E-state index in [4.69, 9.17) is 0 Å². The molecule has 4 aromatic rings. The van der Waals surface area contributed by atoms with Gasteiger partial charge in [-0.25, -0.2) is 4.52 Å². The van der Waals surface area contributed by atoms with E-state index >= 15 is 0 Å². The van der Waals surface area contributed by atoms with Gasteiger partial charge in [0.05, 0.1) is 41.8 Å². The van der Waals surface area contributed by atoms with Gasteiger partial charge in [-0.3, -0.25) is 4.68 Å². The van der Waals surface area contributed by atoms with Gasteiger partial charge < -0.3 is 10.0 Å². The van der Waals surface area contributed by atoms with E-state index in [0.29, 0.717) is 6.54 Å². The molecule has 1 aromatic carbocycles. The molecule has 1 saturated heterocycles. The summed E-state index contributed by atoms with van der Waals surface area (Å²) in [6.45, 7) is 7.92. The van der Waals surface area contributed by atoms with Crippen LogP contribution >= 0.6 is 0 Å². The standard InChI is InChI=1S/C27H30N6O/c1-19-8-13-33-26(25(19)31-11-9-20(14-28)10-12-31)24(16-30-33)22-6-4-21(5-7-22)23-15-29-32(17-23)18-27(2,3)34/h4-8,13,15-17,20,34H,9-12,18H2,1-3H3. The molecule has 34 heavy (non-hydrogen) atoms. The average molecular weight is 455 g/mol. The van der Waals surface area contributed by atoms with E-state index in [1.54, 1.807) is 18.5 Å². The Morgan fingerprint density at radius 3 is 2.41 bits per heavy atom. The molecule has 0 aliphatic carbocycles. The number of anilines is 1. The summed E-state index contributed by atoms with van der Waals surface area (Å²) in [5.41, 5.74) is 7.05. The Morgan fingerprint density at radius 2 is 1.74 bits per heavy atom. The zero-order valence-corrected chi connectivity index (χ0v) is 19.9. The van der Waals surface area contributed by atoms with Crippen LogP contribution in [0.15, 0.2) is 55.1 Å². The number of hydrogen-bond donors (Lipinski definition) is 1. The molecular formula is C27H30N6O. The summed E-state index contributed by atoms with van der Waals surface area (Å²) in [6.07, 6.45) is 9.56. The Balaban J connectivity index is 1.47. The van der Waals surface area contributed by atoms with Gasteiger partial charge in [-0.05, 0) is 56.4 Å². The number of nitriles is 1. The van der Waals surface area contributed by atoms with E-state index in [-0.39, 0.29) is 5.92 Å². The van der Waals surface area contributed by atoms with Crippen molar-refractivity contribution in [2.75, 3.05) is 18.0 Å². The number of rotatable bonds is 5. The summed E-state index contributed by atoms with van der Waals surface area (Å²) in [5, 5.41) is 28.4. The van der Waals surface area contributed by atoms with Crippen molar-refractivity contribution >= 4 is 11.2 Å². The molecule has 5 rings (SSSR count). The lowest BCUT2D eigenvalue weighted by atomic mass is 9.96. The van der Waals surface area contributed by atoms with Crippen molar-refractivity contribution in [3.8, 4) is 28.3 Å². The molecule has 0 spiro atoms. The van der Waals surface area contributed by atoms with E-state index in [9.17, 15) is 10.4 Å². The highest BCUT2D eigenvalue weighted by Crippen LogP contribution is 2.36. The minimum absolute atomic E-state index is 0.154. The number of aromatic nitrogens is 4. The molecule has 0 bridgehead atoms. The Bertz CT molecular complexity index is 1340. The van der Waals surface area contributed by atoms with Crippen LogP contribution in [0.1, 0.15) is 32.3 Å². The highest BCUT2D eigenvalue weighted by molar-refractivity contribution is 5.92. The molecule has 1 aliphatic heterocycles. The number of nitrogens with zero attached hydrogens (tertiary/aromatic N) is 6. The highest BCUT2D eigenvalue weighted by atomic mass is 16.3. The number of pyridine rings is 1. The van der Waals surface area contributed by atoms with E-state index in [0.717, 1.165) is 53.7 Å². The summed E-state index contributed by atoms with van der Waals surface area (Å²) >= 11 is 0. The van der Waals surface area contributed by atoms with Crippen molar-refractivity contribution in [1.82, 2.24) is 19.4 Å².